The first-order valence-electron chi connectivity index (χ1n) is 14.4. The molecule has 1 N–H and O–H groups in total. The number of aromatic nitrogens is 4. The highest BCUT2D eigenvalue weighted by atomic mass is 35.5. The van der Waals surface area contributed by atoms with Crippen molar-refractivity contribution < 1.29 is 32.2 Å². The van der Waals surface area contributed by atoms with Crippen LogP contribution in [0.1, 0.15) is 64.6 Å². The SMILES string of the molecule is CCOC(=O)c1ncc(-n2c(N[C@@H](C)c3ccc(OC(F)(F)F)cc3)nc3c(c2=O)C[C@@H](C)N(C(=O)c2ccc(Cl)c(Cl)c2)C3)n1C. The maximum atomic E-state index is 14.2. The number of amides is 1. The number of carbonyl (C=O) groups is 2. The third-order valence-electron chi connectivity index (χ3n) is 7.65. The summed E-state index contributed by atoms with van der Waals surface area (Å²) in [6, 6.07) is 8.83. The predicted molar refractivity (Wildman–Crippen MR) is 167 cm³/mol. The van der Waals surface area contributed by atoms with Gasteiger partial charge in [0.2, 0.25) is 11.8 Å². The van der Waals surface area contributed by atoms with Gasteiger partial charge in [-0.2, -0.15) is 0 Å². The maximum absolute atomic E-state index is 14.2. The molecule has 5 rings (SSSR count). The van der Waals surface area contributed by atoms with Crippen molar-refractivity contribution >= 4 is 41.0 Å². The van der Waals surface area contributed by atoms with Crippen molar-refractivity contribution in [1.82, 2.24) is 24.0 Å². The number of nitrogens with zero attached hydrogens (tertiary/aromatic N) is 5. The Morgan fingerprint density at radius 1 is 1.13 bits per heavy atom. The number of fused-ring (bicyclic) bond motifs is 1. The smallest absolute Gasteiger partial charge is 0.460 e. The van der Waals surface area contributed by atoms with Gasteiger partial charge in [-0.25, -0.2) is 19.3 Å². The van der Waals surface area contributed by atoms with Crippen LogP contribution in [-0.2, 0) is 24.8 Å². The third kappa shape index (κ3) is 7.08. The Morgan fingerprint density at radius 3 is 2.47 bits per heavy atom. The fourth-order valence-corrected chi connectivity index (χ4v) is 5.56. The van der Waals surface area contributed by atoms with Gasteiger partial charge >= 0.3 is 12.3 Å². The molecule has 11 nitrogen and oxygen atoms in total. The van der Waals surface area contributed by atoms with Gasteiger partial charge in [-0.05, 0) is 63.1 Å². The second-order valence-corrected chi connectivity index (χ2v) is 11.6. The van der Waals surface area contributed by atoms with Gasteiger partial charge in [0.05, 0.1) is 41.1 Å². The molecule has 2 aromatic carbocycles. The molecule has 0 bridgehead atoms. The van der Waals surface area contributed by atoms with Gasteiger partial charge in [-0.3, -0.25) is 9.59 Å². The van der Waals surface area contributed by atoms with Crippen molar-refractivity contribution in [3.8, 4) is 11.6 Å². The van der Waals surface area contributed by atoms with Crippen LogP contribution >= 0.6 is 23.2 Å². The number of alkyl halides is 3. The molecule has 1 amide bonds. The zero-order valence-corrected chi connectivity index (χ0v) is 27.1. The Hall–Kier alpha value is -4.56. The molecule has 47 heavy (non-hydrogen) atoms. The molecule has 0 radical (unpaired) electrons. The summed E-state index contributed by atoms with van der Waals surface area (Å²) in [6.07, 6.45) is -3.33. The highest BCUT2D eigenvalue weighted by Crippen LogP contribution is 2.30. The molecule has 4 aromatic rings. The molecule has 1 aliphatic heterocycles. The van der Waals surface area contributed by atoms with Gasteiger partial charge in [-0.1, -0.05) is 35.3 Å². The van der Waals surface area contributed by atoms with Crippen LogP contribution in [0, 0.1) is 0 Å². The minimum Gasteiger partial charge on any atom is -0.460 e. The zero-order chi connectivity index (χ0) is 34.2. The fourth-order valence-electron chi connectivity index (χ4n) is 5.26. The number of hydrogen-bond donors (Lipinski definition) is 1. The first kappa shape index (κ1) is 33.8. The molecule has 0 saturated carbocycles. The van der Waals surface area contributed by atoms with E-state index in [2.05, 4.69) is 15.0 Å². The Kier molecular flexibility index (Phi) is 9.55. The summed E-state index contributed by atoms with van der Waals surface area (Å²) in [5, 5.41) is 3.70. The summed E-state index contributed by atoms with van der Waals surface area (Å²) >= 11 is 12.2. The number of esters is 1. The summed E-state index contributed by atoms with van der Waals surface area (Å²) in [4.78, 5) is 50.8. The molecule has 0 aliphatic carbocycles. The summed E-state index contributed by atoms with van der Waals surface area (Å²) in [5.41, 5.74) is 1.12. The van der Waals surface area contributed by atoms with Crippen molar-refractivity contribution in [3.05, 3.63) is 97.3 Å². The first-order valence-corrected chi connectivity index (χ1v) is 15.2. The molecule has 1 aliphatic rings. The van der Waals surface area contributed by atoms with Gasteiger partial charge in [0.15, 0.2) is 0 Å². The van der Waals surface area contributed by atoms with Crippen LogP contribution in [-0.4, -0.2) is 54.9 Å². The largest absolute Gasteiger partial charge is 0.573 e. The number of ether oxygens (including phenoxy) is 2. The number of halogens is 5. The lowest BCUT2D eigenvalue weighted by Crippen LogP contribution is -2.46. The number of benzene rings is 2. The van der Waals surface area contributed by atoms with Crippen LogP contribution in [0.4, 0.5) is 19.1 Å². The summed E-state index contributed by atoms with van der Waals surface area (Å²) in [5.74, 6) is -1.19. The summed E-state index contributed by atoms with van der Waals surface area (Å²) < 4.78 is 49.8. The lowest BCUT2D eigenvalue weighted by Gasteiger charge is -2.35. The highest BCUT2D eigenvalue weighted by molar-refractivity contribution is 6.42. The van der Waals surface area contributed by atoms with Crippen molar-refractivity contribution in [2.45, 2.75) is 52.2 Å². The van der Waals surface area contributed by atoms with Crippen molar-refractivity contribution in [3.63, 3.8) is 0 Å². The van der Waals surface area contributed by atoms with E-state index in [1.54, 1.807) is 31.9 Å². The Morgan fingerprint density at radius 2 is 1.83 bits per heavy atom. The van der Waals surface area contributed by atoms with Crippen LogP contribution < -0.4 is 15.6 Å². The van der Waals surface area contributed by atoms with E-state index in [0.29, 0.717) is 27.4 Å². The number of anilines is 1. The molecular weight excluding hydrogens is 664 g/mol. The molecule has 0 spiro atoms. The highest BCUT2D eigenvalue weighted by Gasteiger charge is 2.34. The van der Waals surface area contributed by atoms with E-state index >= 15 is 0 Å². The van der Waals surface area contributed by atoms with Gasteiger partial charge < -0.3 is 24.3 Å². The normalized spacial score (nSPS) is 15.2. The van der Waals surface area contributed by atoms with E-state index in [4.69, 9.17) is 32.9 Å². The molecule has 2 aromatic heterocycles. The average molecular weight is 694 g/mol. The third-order valence-corrected chi connectivity index (χ3v) is 8.39. The summed E-state index contributed by atoms with van der Waals surface area (Å²) in [6.45, 7) is 5.31. The van der Waals surface area contributed by atoms with Crippen LogP contribution in [0.25, 0.3) is 5.82 Å². The van der Waals surface area contributed by atoms with Gasteiger partial charge in [0.25, 0.3) is 11.5 Å². The minimum absolute atomic E-state index is 0.00232. The van der Waals surface area contributed by atoms with Crippen LogP contribution in [0.2, 0.25) is 10.0 Å². The van der Waals surface area contributed by atoms with Crippen LogP contribution in [0.5, 0.6) is 5.75 Å². The Labute approximate surface area is 276 Å². The van der Waals surface area contributed by atoms with E-state index in [1.165, 1.54) is 51.7 Å². The number of rotatable bonds is 8. The molecule has 0 unspecified atom stereocenters. The van der Waals surface area contributed by atoms with E-state index in [0.717, 1.165) is 0 Å². The predicted octanol–water partition coefficient (Wildman–Crippen LogP) is 6.11. The summed E-state index contributed by atoms with van der Waals surface area (Å²) in [7, 11) is 1.55. The number of hydrogen-bond acceptors (Lipinski definition) is 8. The average Bonchev–Trinajstić information content (AvgIpc) is 3.38. The second kappa shape index (κ2) is 13.3. The molecule has 16 heteroatoms. The Balaban J connectivity index is 1.56. The van der Waals surface area contributed by atoms with Gasteiger partial charge in [0.1, 0.15) is 11.6 Å². The molecule has 0 fully saturated rings. The fraction of sp³-hybridized carbons (Fsp3) is 0.323. The van der Waals surface area contributed by atoms with Crippen molar-refractivity contribution in [2.75, 3.05) is 11.9 Å². The number of imidazole rings is 1. The van der Waals surface area contributed by atoms with Crippen molar-refractivity contribution in [1.29, 1.82) is 0 Å². The number of carbonyl (C=O) groups excluding carboxylic acids is 2. The van der Waals surface area contributed by atoms with Crippen LogP contribution in [0.15, 0.2) is 53.5 Å². The maximum Gasteiger partial charge on any atom is 0.573 e. The van der Waals surface area contributed by atoms with E-state index in [9.17, 15) is 27.6 Å². The minimum atomic E-state index is -4.84. The van der Waals surface area contributed by atoms with Gasteiger partial charge in [0, 0.05) is 24.2 Å². The molecule has 248 valence electrons. The monoisotopic (exact) mass is 692 g/mol. The van der Waals surface area contributed by atoms with E-state index in [1.807, 2.05) is 6.92 Å². The second-order valence-electron chi connectivity index (χ2n) is 10.8. The topological polar surface area (TPSA) is 121 Å². The standard InChI is InChI=1S/C31H29Cl2F3N6O5/c1-5-46-29(45)26-37-14-25(40(26)4)42-28(44)21-12-16(2)41(27(43)19-8-11-22(32)23(33)13-19)15-24(21)39-30(42)38-17(3)18-6-9-20(10-7-18)47-31(34,35)36/h6-11,13-14,16-17H,5,12,15H2,1-4H3,(H,38,39)/t16-,17+/m1/s1. The first-order chi connectivity index (χ1) is 22.2. The lowest BCUT2D eigenvalue weighted by atomic mass is 9.98. The van der Waals surface area contributed by atoms with Crippen LogP contribution in [0.3, 0.4) is 0 Å². The van der Waals surface area contributed by atoms with Gasteiger partial charge in [-0.15, -0.1) is 13.2 Å². The van der Waals surface area contributed by atoms with Crippen molar-refractivity contribution in [2.24, 2.45) is 7.05 Å². The lowest BCUT2D eigenvalue weighted by molar-refractivity contribution is -0.274. The number of nitrogens with one attached hydrogen (secondary N) is 1. The van der Waals surface area contributed by atoms with E-state index < -0.39 is 30.0 Å². The van der Waals surface area contributed by atoms with E-state index in [-0.39, 0.29) is 53.8 Å². The quantitative estimate of drug-likeness (QED) is 0.220. The molecule has 3 heterocycles. The molecule has 0 saturated heterocycles. The molecule has 2 atom stereocenters. The molecular formula is C31H29Cl2F3N6O5. The zero-order valence-electron chi connectivity index (χ0n) is 25.6. The Bertz CT molecular complexity index is 1890.